The fourth-order valence-corrected chi connectivity index (χ4v) is 4.48. The number of rotatable bonds is 7. The number of nitrogens with zero attached hydrogens (tertiary/aromatic N) is 7. The molecule has 0 radical (unpaired) electrons. The summed E-state index contributed by atoms with van der Waals surface area (Å²) in [5.41, 5.74) is 2.29. The van der Waals surface area contributed by atoms with Crippen LogP contribution in [-0.2, 0) is 18.2 Å². The maximum Gasteiger partial charge on any atom is 0.320 e. The lowest BCUT2D eigenvalue weighted by atomic mass is 9.87. The Labute approximate surface area is 188 Å². The monoisotopic (exact) mass is 437 g/mol. The van der Waals surface area contributed by atoms with Crippen molar-refractivity contribution < 1.29 is 9.47 Å². The van der Waals surface area contributed by atoms with Crippen LogP contribution in [0.25, 0.3) is 5.82 Å². The summed E-state index contributed by atoms with van der Waals surface area (Å²) in [5.74, 6) is 2.14. The maximum atomic E-state index is 5.98. The Bertz CT molecular complexity index is 1020. The molecule has 9 heteroatoms. The first-order valence-corrected chi connectivity index (χ1v) is 11.6. The van der Waals surface area contributed by atoms with Crippen LogP contribution in [0, 0.1) is 0 Å². The van der Waals surface area contributed by atoms with Crippen LogP contribution in [-0.4, -0.2) is 62.4 Å². The number of hydrogen-bond donors (Lipinski definition) is 0. The second-order valence-electron chi connectivity index (χ2n) is 8.61. The molecule has 3 aromatic heterocycles. The van der Waals surface area contributed by atoms with Gasteiger partial charge in [0.05, 0.1) is 31.7 Å². The molecule has 32 heavy (non-hydrogen) atoms. The van der Waals surface area contributed by atoms with E-state index in [2.05, 4.69) is 21.0 Å². The zero-order valence-corrected chi connectivity index (χ0v) is 18.7. The lowest BCUT2D eigenvalue weighted by Crippen LogP contribution is -2.37. The second-order valence-corrected chi connectivity index (χ2v) is 8.61. The summed E-state index contributed by atoms with van der Waals surface area (Å²) in [4.78, 5) is 11.6. The fourth-order valence-electron chi connectivity index (χ4n) is 4.48. The zero-order chi connectivity index (χ0) is 21.8. The molecule has 5 rings (SSSR count). The highest BCUT2D eigenvalue weighted by Gasteiger charge is 2.20. The minimum absolute atomic E-state index is 0.377. The number of anilines is 1. The van der Waals surface area contributed by atoms with Crippen LogP contribution in [0.15, 0.2) is 30.7 Å². The zero-order valence-electron chi connectivity index (χ0n) is 18.7. The summed E-state index contributed by atoms with van der Waals surface area (Å²) in [6, 6.07) is 4.51. The molecule has 0 spiro atoms. The van der Waals surface area contributed by atoms with Crippen LogP contribution >= 0.6 is 0 Å². The third-order valence-corrected chi connectivity index (χ3v) is 6.26. The van der Waals surface area contributed by atoms with Crippen molar-refractivity contribution in [2.45, 2.75) is 44.4 Å². The van der Waals surface area contributed by atoms with E-state index in [1.807, 2.05) is 36.4 Å². The van der Waals surface area contributed by atoms with Gasteiger partial charge in [0.1, 0.15) is 5.82 Å². The van der Waals surface area contributed by atoms with Crippen molar-refractivity contribution in [3.8, 4) is 11.8 Å². The highest BCUT2D eigenvalue weighted by atomic mass is 16.5. The normalized spacial score (nSPS) is 17.6. The maximum absolute atomic E-state index is 5.98. The summed E-state index contributed by atoms with van der Waals surface area (Å²) in [7, 11) is 1.91. The van der Waals surface area contributed by atoms with Crippen LogP contribution in [0.4, 0.5) is 5.82 Å². The molecule has 4 heterocycles. The van der Waals surface area contributed by atoms with Crippen molar-refractivity contribution in [2.75, 3.05) is 37.8 Å². The largest absolute Gasteiger partial charge is 0.463 e. The minimum atomic E-state index is 0.377. The average molecular weight is 438 g/mol. The lowest BCUT2D eigenvalue weighted by Gasteiger charge is -2.28. The first-order chi connectivity index (χ1) is 15.7. The van der Waals surface area contributed by atoms with E-state index in [-0.39, 0.29) is 0 Å². The molecule has 1 aliphatic carbocycles. The molecule has 2 fully saturated rings. The van der Waals surface area contributed by atoms with Gasteiger partial charge in [-0.25, -0.2) is 4.68 Å². The lowest BCUT2D eigenvalue weighted by molar-refractivity contribution is 0.122. The fraction of sp³-hybridized carbons (Fsp3) is 0.565. The van der Waals surface area contributed by atoms with Gasteiger partial charge in [0.15, 0.2) is 5.82 Å². The summed E-state index contributed by atoms with van der Waals surface area (Å²) >= 11 is 0. The molecular weight excluding hydrogens is 406 g/mol. The Hall–Kier alpha value is -2.94. The average Bonchev–Trinajstić information content (AvgIpc) is 3.50. The predicted octanol–water partition coefficient (Wildman–Crippen LogP) is 2.90. The molecule has 1 saturated carbocycles. The van der Waals surface area contributed by atoms with Gasteiger partial charge < -0.3 is 14.4 Å². The quantitative estimate of drug-likeness (QED) is 0.562. The molecule has 1 saturated heterocycles. The van der Waals surface area contributed by atoms with Gasteiger partial charge in [0.25, 0.3) is 0 Å². The highest BCUT2D eigenvalue weighted by molar-refractivity contribution is 5.45. The van der Waals surface area contributed by atoms with Crippen LogP contribution in [0.5, 0.6) is 6.01 Å². The molecule has 0 aromatic carbocycles. The molecule has 0 N–H and O–H groups in total. The Morgan fingerprint density at radius 2 is 1.91 bits per heavy atom. The van der Waals surface area contributed by atoms with Gasteiger partial charge in [-0.15, -0.1) is 0 Å². The number of morpholine rings is 1. The van der Waals surface area contributed by atoms with Crippen molar-refractivity contribution in [1.82, 2.24) is 29.5 Å². The van der Waals surface area contributed by atoms with Crippen LogP contribution in [0.1, 0.15) is 49.3 Å². The first-order valence-electron chi connectivity index (χ1n) is 11.6. The van der Waals surface area contributed by atoms with Gasteiger partial charge in [-0.2, -0.15) is 20.2 Å². The van der Waals surface area contributed by atoms with E-state index in [0.717, 1.165) is 42.4 Å². The van der Waals surface area contributed by atoms with Crippen molar-refractivity contribution in [3.63, 3.8) is 0 Å². The second kappa shape index (κ2) is 9.68. The summed E-state index contributed by atoms with van der Waals surface area (Å²) in [5, 5.41) is 9.09. The Kier molecular flexibility index (Phi) is 6.34. The summed E-state index contributed by atoms with van der Waals surface area (Å²) in [6.45, 7) is 3.49. The minimum Gasteiger partial charge on any atom is -0.463 e. The molecule has 0 unspecified atom stereocenters. The summed E-state index contributed by atoms with van der Waals surface area (Å²) in [6.07, 6.45) is 13.0. The smallest absolute Gasteiger partial charge is 0.320 e. The number of aromatic nitrogens is 6. The molecular formula is C23H31N7O2. The van der Waals surface area contributed by atoms with E-state index in [1.54, 1.807) is 4.68 Å². The van der Waals surface area contributed by atoms with E-state index in [9.17, 15) is 0 Å². The third kappa shape index (κ3) is 4.93. The molecule has 2 aliphatic rings. The van der Waals surface area contributed by atoms with Crippen LogP contribution in [0.2, 0.25) is 0 Å². The van der Waals surface area contributed by atoms with E-state index < -0.39 is 0 Å². The van der Waals surface area contributed by atoms with Crippen molar-refractivity contribution in [3.05, 3.63) is 42.0 Å². The van der Waals surface area contributed by atoms with E-state index in [4.69, 9.17) is 19.6 Å². The number of aryl methyl sites for hydroxylation is 1. The first kappa shape index (κ1) is 20.9. The van der Waals surface area contributed by atoms with Crippen molar-refractivity contribution >= 4 is 5.82 Å². The molecule has 9 nitrogen and oxygen atoms in total. The number of ether oxygens (including phenoxy) is 2. The van der Waals surface area contributed by atoms with Gasteiger partial charge in [-0.3, -0.25) is 4.68 Å². The van der Waals surface area contributed by atoms with E-state index in [0.29, 0.717) is 31.7 Å². The topological polar surface area (TPSA) is 83.1 Å². The molecule has 3 aromatic rings. The van der Waals surface area contributed by atoms with Crippen molar-refractivity contribution in [1.29, 1.82) is 0 Å². The Morgan fingerprint density at radius 3 is 2.69 bits per heavy atom. The molecule has 0 amide bonds. The number of hydrogen-bond acceptors (Lipinski definition) is 7. The Morgan fingerprint density at radius 1 is 1.09 bits per heavy atom. The Balaban J connectivity index is 1.36. The van der Waals surface area contributed by atoms with Gasteiger partial charge in [0.2, 0.25) is 0 Å². The van der Waals surface area contributed by atoms with Crippen LogP contribution < -0.4 is 9.64 Å². The molecule has 0 atom stereocenters. The van der Waals surface area contributed by atoms with E-state index >= 15 is 0 Å². The predicted molar refractivity (Wildman–Crippen MR) is 120 cm³/mol. The van der Waals surface area contributed by atoms with E-state index in [1.165, 1.54) is 32.1 Å². The third-order valence-electron chi connectivity index (χ3n) is 6.26. The summed E-state index contributed by atoms with van der Waals surface area (Å²) < 4.78 is 15.1. The molecule has 1 aliphatic heterocycles. The van der Waals surface area contributed by atoms with Crippen molar-refractivity contribution in [2.24, 2.45) is 7.05 Å². The molecule has 170 valence electrons. The van der Waals surface area contributed by atoms with Crippen LogP contribution in [0.3, 0.4) is 0 Å². The standard InChI is InChI=1S/C23H31N7O2/c1-28-17-18(16-24-28)8-12-32-23-25-21(29-10-13-31-14-11-29)15-22(26-23)30-9-7-20(27-30)19-5-3-2-4-6-19/h7,9,15-17,19H,2-6,8,10-14H2,1H3. The van der Waals surface area contributed by atoms with Gasteiger partial charge in [0, 0.05) is 50.9 Å². The van der Waals surface area contributed by atoms with Gasteiger partial charge in [-0.05, 0) is 24.5 Å². The highest BCUT2D eigenvalue weighted by Crippen LogP contribution is 2.32. The SMILES string of the molecule is Cn1cc(CCOc2nc(N3CCOCC3)cc(-n3ccc(C4CCCCC4)n3)n2)cn1. The molecule has 0 bridgehead atoms. The van der Waals surface area contributed by atoms with Gasteiger partial charge in [-0.1, -0.05) is 19.3 Å². The van der Waals surface area contributed by atoms with Gasteiger partial charge >= 0.3 is 6.01 Å².